The monoisotopic (exact) mass is 258 g/mol. The van der Waals surface area contributed by atoms with E-state index in [1.807, 2.05) is 13.8 Å². The lowest BCUT2D eigenvalue weighted by Crippen LogP contribution is -2.50. The van der Waals surface area contributed by atoms with E-state index in [4.69, 9.17) is 5.11 Å². The maximum Gasteiger partial charge on any atom is 0.234 e. The van der Waals surface area contributed by atoms with Gasteiger partial charge in [-0.25, -0.2) is 0 Å². The normalized spacial score (nSPS) is 14.4. The van der Waals surface area contributed by atoms with Crippen molar-refractivity contribution in [1.29, 1.82) is 0 Å². The highest BCUT2D eigenvalue weighted by Crippen LogP contribution is 2.21. The molecule has 18 heavy (non-hydrogen) atoms. The number of aliphatic hydroxyl groups is 1. The van der Waals surface area contributed by atoms with Gasteiger partial charge in [0.15, 0.2) is 0 Å². The first-order valence-electron chi connectivity index (χ1n) is 6.77. The van der Waals surface area contributed by atoms with Crippen molar-refractivity contribution in [3.05, 3.63) is 0 Å². The van der Waals surface area contributed by atoms with Gasteiger partial charge in [-0.15, -0.1) is 0 Å². The smallest absolute Gasteiger partial charge is 0.234 e. The predicted molar refractivity (Wildman–Crippen MR) is 75.5 cm³/mol. The van der Waals surface area contributed by atoms with E-state index < -0.39 is 0 Å². The summed E-state index contributed by atoms with van der Waals surface area (Å²) in [6.45, 7) is 12.8. The van der Waals surface area contributed by atoms with Gasteiger partial charge in [0.1, 0.15) is 0 Å². The molecular weight excluding hydrogens is 228 g/mol. The summed E-state index contributed by atoms with van der Waals surface area (Å²) >= 11 is 0. The molecule has 1 atom stereocenters. The van der Waals surface area contributed by atoms with Gasteiger partial charge in [0.05, 0.1) is 6.54 Å². The van der Waals surface area contributed by atoms with E-state index in [-0.39, 0.29) is 29.5 Å². The molecular formula is C14H30N2O2. The molecule has 3 N–H and O–H groups in total. The Morgan fingerprint density at radius 1 is 1.22 bits per heavy atom. The first kappa shape index (κ1) is 17.4. The van der Waals surface area contributed by atoms with E-state index in [1.54, 1.807) is 0 Å². The SMILES string of the molecule is CCC(C)(C)NC(=O)CNC(CCO)C(C)(C)C. The molecule has 0 aliphatic carbocycles. The zero-order valence-corrected chi connectivity index (χ0v) is 12.8. The van der Waals surface area contributed by atoms with E-state index in [0.29, 0.717) is 13.0 Å². The van der Waals surface area contributed by atoms with Gasteiger partial charge in [-0.3, -0.25) is 4.79 Å². The summed E-state index contributed by atoms with van der Waals surface area (Å²) in [7, 11) is 0. The van der Waals surface area contributed by atoms with Crippen LogP contribution in [0.5, 0.6) is 0 Å². The average molecular weight is 258 g/mol. The molecule has 0 radical (unpaired) electrons. The van der Waals surface area contributed by atoms with Crippen LogP contribution in [0.1, 0.15) is 54.4 Å². The molecule has 4 nitrogen and oxygen atoms in total. The van der Waals surface area contributed by atoms with Crippen LogP contribution in [0, 0.1) is 5.41 Å². The van der Waals surface area contributed by atoms with E-state index in [2.05, 4.69) is 38.3 Å². The van der Waals surface area contributed by atoms with Crippen molar-refractivity contribution in [2.24, 2.45) is 5.41 Å². The third-order valence-electron chi connectivity index (χ3n) is 3.33. The van der Waals surface area contributed by atoms with Crippen LogP contribution in [-0.2, 0) is 4.79 Å². The van der Waals surface area contributed by atoms with E-state index in [0.717, 1.165) is 6.42 Å². The van der Waals surface area contributed by atoms with Gasteiger partial charge in [-0.1, -0.05) is 27.7 Å². The molecule has 0 aromatic rings. The molecule has 0 bridgehead atoms. The predicted octanol–water partition coefficient (Wildman–Crippen LogP) is 1.68. The minimum Gasteiger partial charge on any atom is -0.396 e. The molecule has 0 heterocycles. The summed E-state index contributed by atoms with van der Waals surface area (Å²) in [6, 6.07) is 0.137. The molecule has 0 aromatic carbocycles. The largest absolute Gasteiger partial charge is 0.396 e. The summed E-state index contributed by atoms with van der Waals surface area (Å²) in [5.41, 5.74) is -0.129. The highest BCUT2D eigenvalue weighted by Gasteiger charge is 2.25. The van der Waals surface area contributed by atoms with Crippen molar-refractivity contribution < 1.29 is 9.90 Å². The van der Waals surface area contributed by atoms with Crippen molar-refractivity contribution in [3.63, 3.8) is 0 Å². The van der Waals surface area contributed by atoms with Gasteiger partial charge in [0.2, 0.25) is 5.91 Å². The molecule has 0 aromatic heterocycles. The molecule has 4 heteroatoms. The van der Waals surface area contributed by atoms with Crippen LogP contribution in [0.15, 0.2) is 0 Å². The number of rotatable bonds is 7. The average Bonchev–Trinajstić information content (AvgIpc) is 2.22. The molecule has 0 rings (SSSR count). The molecule has 0 saturated heterocycles. The second kappa shape index (κ2) is 7.10. The molecule has 0 spiro atoms. The summed E-state index contributed by atoms with van der Waals surface area (Å²) in [5, 5.41) is 15.3. The van der Waals surface area contributed by atoms with Crippen LogP contribution < -0.4 is 10.6 Å². The molecule has 0 saturated carbocycles. The van der Waals surface area contributed by atoms with E-state index >= 15 is 0 Å². The van der Waals surface area contributed by atoms with E-state index in [1.165, 1.54) is 0 Å². The number of hydrogen-bond acceptors (Lipinski definition) is 3. The zero-order chi connectivity index (χ0) is 14.4. The van der Waals surface area contributed by atoms with Crippen molar-refractivity contribution in [2.45, 2.75) is 66.0 Å². The molecule has 0 fully saturated rings. The summed E-state index contributed by atoms with van der Waals surface area (Å²) < 4.78 is 0. The highest BCUT2D eigenvalue weighted by molar-refractivity contribution is 5.78. The van der Waals surface area contributed by atoms with Crippen molar-refractivity contribution in [1.82, 2.24) is 10.6 Å². The second-order valence-electron chi connectivity index (χ2n) is 6.60. The number of hydrogen-bond donors (Lipinski definition) is 3. The topological polar surface area (TPSA) is 61.4 Å². The Balaban J connectivity index is 4.24. The molecule has 0 aliphatic heterocycles. The maximum atomic E-state index is 11.8. The summed E-state index contributed by atoms with van der Waals surface area (Å²) in [6.07, 6.45) is 1.56. The Morgan fingerprint density at radius 2 is 1.78 bits per heavy atom. The number of aliphatic hydroxyl groups excluding tert-OH is 1. The zero-order valence-electron chi connectivity index (χ0n) is 12.8. The fraction of sp³-hybridized carbons (Fsp3) is 0.929. The maximum absolute atomic E-state index is 11.8. The van der Waals surface area contributed by atoms with Crippen LogP contribution in [0.4, 0.5) is 0 Å². The summed E-state index contributed by atoms with van der Waals surface area (Å²) in [5.74, 6) is 0.00837. The van der Waals surface area contributed by atoms with Crippen LogP contribution in [0.3, 0.4) is 0 Å². The molecule has 1 unspecified atom stereocenters. The lowest BCUT2D eigenvalue weighted by Gasteiger charge is -2.32. The molecule has 0 aliphatic rings. The fourth-order valence-electron chi connectivity index (χ4n) is 1.70. The summed E-state index contributed by atoms with van der Waals surface area (Å²) in [4.78, 5) is 11.8. The second-order valence-corrected chi connectivity index (χ2v) is 6.60. The van der Waals surface area contributed by atoms with Gasteiger partial charge in [-0.2, -0.15) is 0 Å². The Hall–Kier alpha value is -0.610. The standard InChI is InChI=1S/C14H30N2O2/c1-7-14(5,6)16-12(18)10-15-11(8-9-17)13(2,3)4/h11,15,17H,7-10H2,1-6H3,(H,16,18). The van der Waals surface area contributed by atoms with Crippen LogP contribution in [0.25, 0.3) is 0 Å². The van der Waals surface area contributed by atoms with Crippen molar-refractivity contribution in [2.75, 3.05) is 13.2 Å². The third kappa shape index (κ3) is 6.97. The van der Waals surface area contributed by atoms with Gasteiger partial charge < -0.3 is 15.7 Å². The number of amides is 1. The van der Waals surface area contributed by atoms with Crippen molar-refractivity contribution >= 4 is 5.91 Å². The van der Waals surface area contributed by atoms with Crippen molar-refractivity contribution in [3.8, 4) is 0 Å². The van der Waals surface area contributed by atoms with Crippen LogP contribution >= 0.6 is 0 Å². The first-order chi connectivity index (χ1) is 8.12. The lowest BCUT2D eigenvalue weighted by molar-refractivity contribution is -0.122. The molecule has 1 amide bonds. The molecule has 108 valence electrons. The fourth-order valence-corrected chi connectivity index (χ4v) is 1.70. The van der Waals surface area contributed by atoms with Gasteiger partial charge in [-0.05, 0) is 32.1 Å². The minimum absolute atomic E-state index is 0.00837. The van der Waals surface area contributed by atoms with Gasteiger partial charge >= 0.3 is 0 Å². The third-order valence-corrected chi connectivity index (χ3v) is 3.33. The van der Waals surface area contributed by atoms with E-state index in [9.17, 15) is 4.79 Å². The highest BCUT2D eigenvalue weighted by atomic mass is 16.3. The quantitative estimate of drug-likeness (QED) is 0.651. The Morgan fingerprint density at radius 3 is 2.17 bits per heavy atom. The minimum atomic E-state index is -0.160. The number of carbonyl (C=O) groups is 1. The number of nitrogens with one attached hydrogen (secondary N) is 2. The Bertz CT molecular complexity index is 257. The Labute approximate surface area is 112 Å². The Kier molecular flexibility index (Phi) is 6.86. The lowest BCUT2D eigenvalue weighted by atomic mass is 9.85. The number of carbonyl (C=O) groups excluding carboxylic acids is 1. The van der Waals surface area contributed by atoms with Gasteiger partial charge in [0.25, 0.3) is 0 Å². The van der Waals surface area contributed by atoms with Crippen LogP contribution in [0.2, 0.25) is 0 Å². The van der Waals surface area contributed by atoms with Crippen LogP contribution in [-0.4, -0.2) is 35.7 Å². The first-order valence-corrected chi connectivity index (χ1v) is 6.77. The van der Waals surface area contributed by atoms with Gasteiger partial charge in [0, 0.05) is 18.2 Å².